The Morgan fingerprint density at radius 2 is 2.33 bits per heavy atom. The lowest BCUT2D eigenvalue weighted by atomic mass is 10.0. The predicted octanol–water partition coefficient (Wildman–Crippen LogP) is 1.99. The van der Waals surface area contributed by atoms with Crippen molar-refractivity contribution in [3.63, 3.8) is 0 Å². The van der Waals surface area contributed by atoms with Crippen LogP contribution in [0.15, 0.2) is 12.1 Å². The van der Waals surface area contributed by atoms with Gasteiger partial charge in [0, 0.05) is 12.3 Å². The third kappa shape index (κ3) is 3.29. The molecule has 0 aliphatic carbocycles. The number of hydrogen-bond acceptors (Lipinski definition) is 4. The minimum absolute atomic E-state index is 0.0819. The standard InChI is InChI=1S/C11H12Cl2N2O2S/c12-7-1-2-8(13)15-9(7)10(16)14-5-11(17)3-4-18-6-11/h1-2,17H,3-6H2,(H,14,16). The third-order valence-corrected chi connectivity index (χ3v) is 4.44. The molecule has 1 saturated heterocycles. The van der Waals surface area contributed by atoms with Crippen LogP contribution in [-0.2, 0) is 0 Å². The van der Waals surface area contributed by atoms with E-state index in [4.69, 9.17) is 23.2 Å². The fourth-order valence-corrected chi connectivity index (χ4v) is 3.28. The first-order valence-corrected chi connectivity index (χ1v) is 7.32. The Balaban J connectivity index is 2.01. The molecule has 1 atom stereocenters. The van der Waals surface area contributed by atoms with E-state index in [-0.39, 0.29) is 22.4 Å². The molecule has 2 rings (SSSR count). The maximum Gasteiger partial charge on any atom is 0.271 e. The van der Waals surface area contributed by atoms with Crippen molar-refractivity contribution in [3.8, 4) is 0 Å². The van der Waals surface area contributed by atoms with E-state index in [9.17, 15) is 9.90 Å². The second-order valence-corrected chi connectivity index (χ2v) is 6.07. The molecule has 0 spiro atoms. The van der Waals surface area contributed by atoms with Crippen LogP contribution < -0.4 is 5.32 Å². The highest BCUT2D eigenvalue weighted by Crippen LogP contribution is 2.27. The Hall–Kier alpha value is -0.490. The first-order valence-electron chi connectivity index (χ1n) is 5.41. The zero-order chi connectivity index (χ0) is 13.2. The molecule has 98 valence electrons. The molecule has 0 bridgehead atoms. The van der Waals surface area contributed by atoms with Crippen LogP contribution in [0.1, 0.15) is 16.9 Å². The van der Waals surface area contributed by atoms with Crippen LogP contribution in [0, 0.1) is 0 Å². The number of aromatic nitrogens is 1. The van der Waals surface area contributed by atoms with Crippen LogP contribution in [-0.4, -0.2) is 39.6 Å². The number of thioether (sulfide) groups is 1. The van der Waals surface area contributed by atoms with Gasteiger partial charge in [0.25, 0.3) is 5.91 Å². The highest BCUT2D eigenvalue weighted by atomic mass is 35.5. The lowest BCUT2D eigenvalue weighted by Crippen LogP contribution is -2.43. The Bertz CT molecular complexity index is 464. The number of amides is 1. The lowest BCUT2D eigenvalue weighted by Gasteiger charge is -2.21. The Morgan fingerprint density at radius 1 is 1.56 bits per heavy atom. The monoisotopic (exact) mass is 306 g/mol. The molecule has 1 aromatic heterocycles. The summed E-state index contributed by atoms with van der Waals surface area (Å²) in [6, 6.07) is 3.04. The minimum atomic E-state index is -0.828. The zero-order valence-electron chi connectivity index (χ0n) is 9.45. The summed E-state index contributed by atoms with van der Waals surface area (Å²) in [5.74, 6) is 1.11. The van der Waals surface area contributed by atoms with Gasteiger partial charge in [-0.15, -0.1) is 0 Å². The van der Waals surface area contributed by atoms with Gasteiger partial charge in [0.15, 0.2) is 0 Å². The van der Waals surface area contributed by atoms with Crippen LogP contribution in [0.2, 0.25) is 10.2 Å². The first kappa shape index (κ1) is 13.9. The maximum atomic E-state index is 11.9. The van der Waals surface area contributed by atoms with Gasteiger partial charge in [0.1, 0.15) is 10.8 Å². The molecule has 1 amide bonds. The smallest absolute Gasteiger partial charge is 0.271 e. The topological polar surface area (TPSA) is 62.2 Å². The van der Waals surface area contributed by atoms with E-state index in [1.54, 1.807) is 11.8 Å². The normalized spacial score (nSPS) is 23.1. The second kappa shape index (κ2) is 5.65. The van der Waals surface area contributed by atoms with Crippen molar-refractivity contribution in [2.75, 3.05) is 18.1 Å². The van der Waals surface area contributed by atoms with Crippen molar-refractivity contribution in [1.82, 2.24) is 10.3 Å². The van der Waals surface area contributed by atoms with Crippen LogP contribution in [0.5, 0.6) is 0 Å². The average Bonchev–Trinajstić information content (AvgIpc) is 2.77. The summed E-state index contributed by atoms with van der Waals surface area (Å²) >= 11 is 13.3. The fourth-order valence-electron chi connectivity index (χ4n) is 1.64. The summed E-state index contributed by atoms with van der Waals surface area (Å²) < 4.78 is 0. The van der Waals surface area contributed by atoms with Gasteiger partial charge in [-0.3, -0.25) is 4.79 Å². The van der Waals surface area contributed by atoms with E-state index in [1.807, 2.05) is 0 Å². The van der Waals surface area contributed by atoms with Gasteiger partial charge in [-0.1, -0.05) is 23.2 Å². The molecule has 7 heteroatoms. The SMILES string of the molecule is O=C(NCC1(O)CCSC1)c1nc(Cl)ccc1Cl. The molecule has 1 unspecified atom stereocenters. The van der Waals surface area contributed by atoms with Crippen molar-refractivity contribution in [1.29, 1.82) is 0 Å². The number of rotatable bonds is 3. The molecular weight excluding hydrogens is 295 g/mol. The van der Waals surface area contributed by atoms with Crippen LogP contribution in [0.3, 0.4) is 0 Å². The second-order valence-electron chi connectivity index (χ2n) is 4.17. The van der Waals surface area contributed by atoms with Crippen LogP contribution in [0.25, 0.3) is 0 Å². The fraction of sp³-hybridized carbons (Fsp3) is 0.455. The molecular formula is C11H12Cl2N2O2S. The highest BCUT2D eigenvalue weighted by Gasteiger charge is 2.32. The van der Waals surface area contributed by atoms with E-state index >= 15 is 0 Å². The summed E-state index contributed by atoms with van der Waals surface area (Å²) in [5.41, 5.74) is -0.746. The Labute approximate surface area is 119 Å². The number of carbonyl (C=O) groups is 1. The van der Waals surface area contributed by atoms with E-state index in [1.165, 1.54) is 12.1 Å². The maximum absolute atomic E-state index is 11.9. The van der Waals surface area contributed by atoms with Crippen LogP contribution >= 0.6 is 35.0 Å². The predicted molar refractivity (Wildman–Crippen MR) is 73.5 cm³/mol. The summed E-state index contributed by atoms with van der Waals surface area (Å²) in [7, 11) is 0. The highest BCUT2D eigenvalue weighted by molar-refractivity contribution is 7.99. The number of pyridine rings is 1. The van der Waals surface area contributed by atoms with Crippen molar-refractivity contribution >= 4 is 40.9 Å². The summed E-state index contributed by atoms with van der Waals surface area (Å²) in [5, 5.41) is 13.2. The van der Waals surface area contributed by atoms with Crippen molar-refractivity contribution in [2.45, 2.75) is 12.0 Å². The van der Waals surface area contributed by atoms with E-state index in [0.29, 0.717) is 12.2 Å². The number of nitrogens with zero attached hydrogens (tertiary/aromatic N) is 1. The van der Waals surface area contributed by atoms with E-state index in [2.05, 4.69) is 10.3 Å². The molecule has 1 aromatic rings. The van der Waals surface area contributed by atoms with E-state index in [0.717, 1.165) is 5.75 Å². The summed E-state index contributed by atoms with van der Waals surface area (Å²) in [4.78, 5) is 15.8. The van der Waals surface area contributed by atoms with Gasteiger partial charge in [0.2, 0.25) is 0 Å². The Kier molecular flexibility index (Phi) is 4.37. The molecule has 0 radical (unpaired) electrons. The molecule has 0 saturated carbocycles. The minimum Gasteiger partial charge on any atom is -0.387 e. The molecule has 18 heavy (non-hydrogen) atoms. The lowest BCUT2D eigenvalue weighted by molar-refractivity contribution is 0.0611. The summed E-state index contributed by atoms with van der Waals surface area (Å²) in [6.45, 7) is 0.198. The van der Waals surface area contributed by atoms with Crippen molar-refractivity contribution in [2.24, 2.45) is 0 Å². The van der Waals surface area contributed by atoms with Gasteiger partial charge in [-0.05, 0) is 24.3 Å². The molecule has 1 fully saturated rings. The van der Waals surface area contributed by atoms with Gasteiger partial charge in [0.05, 0.1) is 10.6 Å². The molecule has 2 heterocycles. The van der Waals surface area contributed by atoms with Crippen LogP contribution in [0.4, 0.5) is 0 Å². The quantitative estimate of drug-likeness (QED) is 0.838. The third-order valence-electron chi connectivity index (χ3n) is 2.69. The average molecular weight is 307 g/mol. The largest absolute Gasteiger partial charge is 0.387 e. The molecule has 4 nitrogen and oxygen atoms in total. The summed E-state index contributed by atoms with van der Waals surface area (Å²) in [6.07, 6.45) is 0.675. The first-order chi connectivity index (χ1) is 8.50. The molecule has 2 N–H and O–H groups in total. The number of nitrogens with one attached hydrogen (secondary N) is 1. The van der Waals surface area contributed by atoms with Gasteiger partial charge in [-0.25, -0.2) is 4.98 Å². The van der Waals surface area contributed by atoms with Gasteiger partial charge < -0.3 is 10.4 Å². The van der Waals surface area contributed by atoms with E-state index < -0.39 is 11.5 Å². The zero-order valence-corrected chi connectivity index (χ0v) is 11.8. The Morgan fingerprint density at radius 3 is 3.00 bits per heavy atom. The number of halogens is 2. The number of hydrogen-bond donors (Lipinski definition) is 2. The molecule has 1 aliphatic heterocycles. The van der Waals surface area contributed by atoms with Crippen molar-refractivity contribution in [3.05, 3.63) is 28.0 Å². The molecule has 1 aliphatic rings. The number of carbonyl (C=O) groups excluding carboxylic acids is 1. The number of aliphatic hydroxyl groups is 1. The molecule has 0 aromatic carbocycles. The van der Waals surface area contributed by atoms with Gasteiger partial charge >= 0.3 is 0 Å². The van der Waals surface area contributed by atoms with Gasteiger partial charge in [-0.2, -0.15) is 11.8 Å². The van der Waals surface area contributed by atoms with Crippen molar-refractivity contribution < 1.29 is 9.90 Å².